The first-order valence-corrected chi connectivity index (χ1v) is 7.43. The van der Waals surface area contributed by atoms with Gasteiger partial charge in [-0.1, -0.05) is 6.92 Å². The van der Waals surface area contributed by atoms with Gasteiger partial charge >= 0.3 is 0 Å². The predicted molar refractivity (Wildman–Crippen MR) is 77.3 cm³/mol. The monoisotopic (exact) mass is 324 g/mol. The van der Waals surface area contributed by atoms with Crippen molar-refractivity contribution in [2.24, 2.45) is 5.92 Å². The Bertz CT molecular complexity index is 571. The molecule has 1 fully saturated rings. The van der Waals surface area contributed by atoms with Gasteiger partial charge in [0.15, 0.2) is 5.65 Å². The van der Waals surface area contributed by atoms with E-state index in [1.54, 1.807) is 4.52 Å². The molecule has 6 heteroatoms. The van der Waals surface area contributed by atoms with Crippen molar-refractivity contribution in [1.29, 1.82) is 0 Å². The molecule has 1 saturated heterocycles. The topological polar surface area (TPSA) is 51.5 Å². The zero-order valence-electron chi connectivity index (χ0n) is 10.8. The highest BCUT2D eigenvalue weighted by atomic mass is 79.9. The van der Waals surface area contributed by atoms with Crippen LogP contribution in [-0.4, -0.2) is 33.9 Å². The molecule has 3 heterocycles. The summed E-state index contributed by atoms with van der Waals surface area (Å²) < 4.78 is 8.45. The van der Waals surface area contributed by atoms with Crippen LogP contribution in [0.2, 0.25) is 0 Å². The van der Waals surface area contributed by atoms with Crippen molar-refractivity contribution in [1.82, 2.24) is 14.6 Å². The number of pyridine rings is 1. The molecule has 2 unspecified atom stereocenters. The first kappa shape index (κ1) is 12.9. The molecule has 1 N–H and O–H groups in total. The molecule has 0 aromatic carbocycles. The highest BCUT2D eigenvalue weighted by Gasteiger charge is 2.26. The summed E-state index contributed by atoms with van der Waals surface area (Å²) in [5.74, 6) is 1.24. The minimum atomic E-state index is 0.374. The van der Waals surface area contributed by atoms with Crippen molar-refractivity contribution in [3.8, 4) is 0 Å². The SMILES string of the molecule is CCC1OCCC1CNc1nc2ccc(Br)cn2n1. The minimum Gasteiger partial charge on any atom is -0.378 e. The summed E-state index contributed by atoms with van der Waals surface area (Å²) in [4.78, 5) is 4.44. The fourth-order valence-electron chi connectivity index (χ4n) is 2.53. The largest absolute Gasteiger partial charge is 0.378 e. The van der Waals surface area contributed by atoms with E-state index in [-0.39, 0.29) is 0 Å². The third-order valence-corrected chi connectivity index (χ3v) is 4.04. The van der Waals surface area contributed by atoms with Gasteiger partial charge in [0.05, 0.1) is 6.10 Å². The number of nitrogens with one attached hydrogen (secondary N) is 1. The number of hydrogen-bond donors (Lipinski definition) is 1. The summed E-state index contributed by atoms with van der Waals surface area (Å²) in [6.07, 6.45) is 4.46. The maximum Gasteiger partial charge on any atom is 0.243 e. The molecular weight excluding hydrogens is 308 g/mol. The molecule has 0 bridgehead atoms. The summed E-state index contributed by atoms with van der Waals surface area (Å²) in [5.41, 5.74) is 0.848. The molecule has 5 nitrogen and oxygen atoms in total. The Kier molecular flexibility index (Phi) is 3.70. The summed E-state index contributed by atoms with van der Waals surface area (Å²) >= 11 is 3.43. The lowest BCUT2D eigenvalue weighted by atomic mass is 10.00. The molecule has 19 heavy (non-hydrogen) atoms. The molecule has 0 radical (unpaired) electrons. The number of rotatable bonds is 4. The van der Waals surface area contributed by atoms with Crippen molar-refractivity contribution >= 4 is 27.5 Å². The lowest BCUT2D eigenvalue weighted by Crippen LogP contribution is -2.23. The second-order valence-corrected chi connectivity index (χ2v) is 5.75. The number of halogens is 1. The van der Waals surface area contributed by atoms with Crippen LogP contribution < -0.4 is 5.32 Å². The third-order valence-electron chi connectivity index (χ3n) is 3.57. The van der Waals surface area contributed by atoms with Gasteiger partial charge < -0.3 is 10.1 Å². The molecule has 2 aromatic heterocycles. The van der Waals surface area contributed by atoms with Crippen molar-refractivity contribution in [3.05, 3.63) is 22.8 Å². The van der Waals surface area contributed by atoms with E-state index < -0.39 is 0 Å². The van der Waals surface area contributed by atoms with E-state index in [0.29, 0.717) is 18.0 Å². The number of nitrogens with zero attached hydrogens (tertiary/aromatic N) is 3. The van der Waals surface area contributed by atoms with E-state index in [2.05, 4.69) is 38.3 Å². The van der Waals surface area contributed by atoms with E-state index in [1.807, 2.05) is 18.3 Å². The molecule has 0 amide bonds. The molecule has 0 aliphatic carbocycles. The Balaban J connectivity index is 1.68. The fourth-order valence-corrected chi connectivity index (χ4v) is 2.86. The second-order valence-electron chi connectivity index (χ2n) is 4.83. The van der Waals surface area contributed by atoms with Crippen LogP contribution in [0, 0.1) is 5.92 Å². The predicted octanol–water partition coefficient (Wildman–Crippen LogP) is 2.72. The van der Waals surface area contributed by atoms with Gasteiger partial charge in [0, 0.05) is 29.7 Å². The van der Waals surface area contributed by atoms with Crippen LogP contribution in [0.3, 0.4) is 0 Å². The summed E-state index contributed by atoms with van der Waals surface area (Å²) in [5, 5.41) is 7.73. The fraction of sp³-hybridized carbons (Fsp3) is 0.538. The van der Waals surface area contributed by atoms with Crippen LogP contribution in [0.25, 0.3) is 5.65 Å². The van der Waals surface area contributed by atoms with Crippen molar-refractivity contribution in [2.75, 3.05) is 18.5 Å². The molecular formula is C13H17BrN4O. The van der Waals surface area contributed by atoms with Gasteiger partial charge in [0.2, 0.25) is 5.95 Å². The van der Waals surface area contributed by atoms with E-state index in [9.17, 15) is 0 Å². The number of aromatic nitrogens is 3. The summed E-state index contributed by atoms with van der Waals surface area (Å²) in [6, 6.07) is 3.90. The van der Waals surface area contributed by atoms with Crippen LogP contribution in [0.15, 0.2) is 22.8 Å². The third kappa shape index (κ3) is 2.74. The Labute approximate surface area is 120 Å². The highest BCUT2D eigenvalue weighted by Crippen LogP contribution is 2.23. The van der Waals surface area contributed by atoms with E-state index in [0.717, 1.165) is 36.1 Å². The maximum absolute atomic E-state index is 5.69. The first-order valence-electron chi connectivity index (χ1n) is 6.63. The van der Waals surface area contributed by atoms with Gasteiger partial charge in [-0.15, -0.1) is 5.10 Å². The number of hydrogen-bond acceptors (Lipinski definition) is 4. The molecule has 2 atom stereocenters. The van der Waals surface area contributed by atoms with E-state index in [4.69, 9.17) is 4.74 Å². The Hall–Kier alpha value is -1.14. The molecule has 102 valence electrons. The zero-order chi connectivity index (χ0) is 13.2. The average Bonchev–Trinajstić information content (AvgIpc) is 3.01. The Morgan fingerprint density at radius 3 is 3.26 bits per heavy atom. The van der Waals surface area contributed by atoms with Crippen LogP contribution in [0.5, 0.6) is 0 Å². The van der Waals surface area contributed by atoms with Gasteiger partial charge in [-0.2, -0.15) is 4.98 Å². The smallest absolute Gasteiger partial charge is 0.243 e. The Morgan fingerprint density at radius 2 is 2.42 bits per heavy atom. The van der Waals surface area contributed by atoms with Crippen molar-refractivity contribution < 1.29 is 4.74 Å². The number of ether oxygens (including phenoxy) is 1. The first-order chi connectivity index (χ1) is 9.26. The summed E-state index contributed by atoms with van der Waals surface area (Å²) in [6.45, 7) is 3.91. The van der Waals surface area contributed by atoms with Gasteiger partial charge in [-0.25, -0.2) is 4.52 Å². The molecule has 0 spiro atoms. The normalized spacial score (nSPS) is 23.1. The number of fused-ring (bicyclic) bond motifs is 1. The lowest BCUT2D eigenvalue weighted by molar-refractivity contribution is 0.0900. The van der Waals surface area contributed by atoms with Gasteiger partial charge in [0.1, 0.15) is 0 Å². The van der Waals surface area contributed by atoms with Crippen molar-refractivity contribution in [2.45, 2.75) is 25.9 Å². The van der Waals surface area contributed by atoms with Crippen LogP contribution in [0.1, 0.15) is 19.8 Å². The average molecular weight is 325 g/mol. The molecule has 1 aliphatic rings. The van der Waals surface area contributed by atoms with E-state index in [1.165, 1.54) is 0 Å². The van der Waals surface area contributed by atoms with Crippen LogP contribution >= 0.6 is 15.9 Å². The van der Waals surface area contributed by atoms with Crippen LogP contribution in [0.4, 0.5) is 5.95 Å². The quantitative estimate of drug-likeness (QED) is 0.939. The maximum atomic E-state index is 5.69. The number of anilines is 1. The zero-order valence-corrected chi connectivity index (χ0v) is 12.4. The van der Waals surface area contributed by atoms with Gasteiger partial charge in [-0.3, -0.25) is 0 Å². The Morgan fingerprint density at radius 1 is 1.53 bits per heavy atom. The molecule has 1 aliphatic heterocycles. The minimum absolute atomic E-state index is 0.374. The molecule has 2 aromatic rings. The standard InChI is InChI=1S/C13H17BrN4O/c1-2-11-9(5-6-19-11)7-15-13-16-12-4-3-10(14)8-18(12)17-13/h3-4,8-9,11H,2,5-7H2,1H3,(H,15,17). The lowest BCUT2D eigenvalue weighted by Gasteiger charge is -2.16. The van der Waals surface area contributed by atoms with Gasteiger partial charge in [0.25, 0.3) is 0 Å². The summed E-state index contributed by atoms with van der Waals surface area (Å²) in [7, 11) is 0. The second kappa shape index (κ2) is 5.46. The highest BCUT2D eigenvalue weighted by molar-refractivity contribution is 9.10. The van der Waals surface area contributed by atoms with Crippen molar-refractivity contribution in [3.63, 3.8) is 0 Å². The molecule has 0 saturated carbocycles. The van der Waals surface area contributed by atoms with Gasteiger partial charge in [-0.05, 0) is 40.9 Å². The van der Waals surface area contributed by atoms with Crippen LogP contribution in [-0.2, 0) is 4.74 Å². The molecule has 3 rings (SSSR count). The van der Waals surface area contributed by atoms with E-state index >= 15 is 0 Å².